The number of ether oxygens (including phenoxy) is 1. The maximum atomic E-state index is 13.0. The zero-order valence-electron chi connectivity index (χ0n) is 16.9. The first-order valence-electron chi connectivity index (χ1n) is 9.96. The van der Waals surface area contributed by atoms with Gasteiger partial charge in [-0.05, 0) is 31.9 Å². The van der Waals surface area contributed by atoms with E-state index in [-0.39, 0.29) is 24.0 Å². The van der Waals surface area contributed by atoms with Crippen LogP contribution in [0.25, 0.3) is 0 Å². The lowest BCUT2D eigenvalue weighted by Gasteiger charge is -2.39. The molecule has 0 radical (unpaired) electrons. The first kappa shape index (κ1) is 24.0. The van der Waals surface area contributed by atoms with Gasteiger partial charge in [0, 0.05) is 45.2 Å². The van der Waals surface area contributed by atoms with Crippen molar-refractivity contribution in [2.24, 2.45) is 4.99 Å². The second-order valence-electron chi connectivity index (χ2n) is 7.31. The third-order valence-corrected chi connectivity index (χ3v) is 5.51. The fourth-order valence-electron chi connectivity index (χ4n) is 3.76. The van der Waals surface area contributed by atoms with Crippen LogP contribution in [0.2, 0.25) is 0 Å². The van der Waals surface area contributed by atoms with Crippen LogP contribution in [-0.2, 0) is 0 Å². The van der Waals surface area contributed by atoms with Crippen molar-refractivity contribution >= 4 is 29.9 Å². The van der Waals surface area contributed by atoms with E-state index in [4.69, 9.17) is 9.73 Å². The Morgan fingerprint density at radius 2 is 1.93 bits per heavy atom. The molecule has 2 aliphatic heterocycles. The second kappa shape index (κ2) is 10.7. The fourth-order valence-corrected chi connectivity index (χ4v) is 3.76. The number of halogens is 4. The van der Waals surface area contributed by atoms with E-state index in [1.807, 2.05) is 25.1 Å². The number of nitrogens with one attached hydrogen (secondary N) is 1. The van der Waals surface area contributed by atoms with Crippen LogP contribution in [0.1, 0.15) is 31.7 Å². The van der Waals surface area contributed by atoms with Gasteiger partial charge in [-0.1, -0.05) is 18.2 Å². The summed E-state index contributed by atoms with van der Waals surface area (Å²) in [5, 5.41) is 3.29. The quantitative estimate of drug-likeness (QED) is 0.369. The molecule has 5 nitrogen and oxygen atoms in total. The van der Waals surface area contributed by atoms with Crippen LogP contribution in [-0.4, -0.2) is 73.9 Å². The van der Waals surface area contributed by atoms with Crippen LogP contribution in [0.3, 0.4) is 0 Å². The largest absolute Gasteiger partial charge is 0.493 e. The van der Waals surface area contributed by atoms with Gasteiger partial charge in [-0.3, -0.25) is 9.89 Å². The van der Waals surface area contributed by atoms with Gasteiger partial charge in [0.05, 0.1) is 6.61 Å². The molecule has 0 spiro atoms. The highest BCUT2D eigenvalue weighted by Gasteiger charge is 2.41. The summed E-state index contributed by atoms with van der Waals surface area (Å²) in [6.45, 7) is 7.12. The van der Waals surface area contributed by atoms with Crippen molar-refractivity contribution in [1.82, 2.24) is 15.1 Å². The molecule has 2 unspecified atom stereocenters. The Hall–Kier alpha value is -1.23. The van der Waals surface area contributed by atoms with Gasteiger partial charge in [0.1, 0.15) is 11.8 Å². The fraction of sp³-hybridized carbons (Fsp3) is 0.650. The molecule has 1 saturated heterocycles. The van der Waals surface area contributed by atoms with Gasteiger partial charge in [0.2, 0.25) is 0 Å². The van der Waals surface area contributed by atoms with Crippen molar-refractivity contribution in [1.29, 1.82) is 0 Å². The Balaban J connectivity index is 0.00000300. The predicted molar refractivity (Wildman–Crippen MR) is 119 cm³/mol. The Morgan fingerprint density at radius 1 is 1.24 bits per heavy atom. The van der Waals surface area contributed by atoms with E-state index in [0.29, 0.717) is 45.2 Å². The van der Waals surface area contributed by atoms with Crippen molar-refractivity contribution in [2.75, 3.05) is 45.9 Å². The Morgan fingerprint density at radius 3 is 2.59 bits per heavy atom. The van der Waals surface area contributed by atoms with Crippen LogP contribution in [0.15, 0.2) is 29.3 Å². The van der Waals surface area contributed by atoms with Crippen LogP contribution < -0.4 is 10.1 Å². The van der Waals surface area contributed by atoms with Gasteiger partial charge in [-0.2, -0.15) is 13.2 Å². The molecule has 1 aromatic carbocycles. The molecule has 2 atom stereocenters. The molecular formula is C20H30F3IN4O. The number of rotatable bonds is 4. The van der Waals surface area contributed by atoms with Gasteiger partial charge in [0.15, 0.2) is 5.96 Å². The third kappa shape index (κ3) is 6.13. The zero-order valence-corrected chi connectivity index (χ0v) is 19.2. The summed E-state index contributed by atoms with van der Waals surface area (Å²) < 4.78 is 44.6. The summed E-state index contributed by atoms with van der Waals surface area (Å²) in [6.07, 6.45) is -3.27. The van der Waals surface area contributed by atoms with E-state index >= 15 is 0 Å². The second-order valence-corrected chi connectivity index (χ2v) is 7.31. The molecule has 0 aliphatic carbocycles. The zero-order chi connectivity index (χ0) is 20.1. The van der Waals surface area contributed by atoms with Crippen molar-refractivity contribution in [3.8, 4) is 5.75 Å². The number of piperazine rings is 1. The number of aliphatic imine (C=N–C) groups is 1. The van der Waals surface area contributed by atoms with E-state index in [9.17, 15) is 13.2 Å². The first-order valence-corrected chi connectivity index (χ1v) is 9.96. The van der Waals surface area contributed by atoms with Crippen molar-refractivity contribution in [3.63, 3.8) is 0 Å². The summed E-state index contributed by atoms with van der Waals surface area (Å²) in [6, 6.07) is 6.64. The molecular weight excluding hydrogens is 496 g/mol. The molecule has 0 saturated carbocycles. The Labute approximate surface area is 187 Å². The number of hydrogen-bond donors (Lipinski definition) is 1. The average Bonchev–Trinajstić information content (AvgIpc) is 2.70. The van der Waals surface area contributed by atoms with Crippen LogP contribution in [0, 0.1) is 0 Å². The molecule has 0 amide bonds. The summed E-state index contributed by atoms with van der Waals surface area (Å²) in [5.41, 5.74) is 1.18. The lowest BCUT2D eigenvalue weighted by atomic mass is 9.93. The maximum Gasteiger partial charge on any atom is 0.403 e. The predicted octanol–water partition coefficient (Wildman–Crippen LogP) is 3.70. The summed E-state index contributed by atoms with van der Waals surface area (Å²) in [7, 11) is 0. The number of nitrogens with zero attached hydrogens (tertiary/aromatic N) is 3. The van der Waals surface area contributed by atoms with E-state index in [2.05, 4.69) is 16.3 Å². The molecule has 1 fully saturated rings. The highest BCUT2D eigenvalue weighted by molar-refractivity contribution is 14.0. The lowest BCUT2D eigenvalue weighted by molar-refractivity contribution is -0.181. The van der Waals surface area contributed by atoms with E-state index in [1.54, 1.807) is 0 Å². The monoisotopic (exact) mass is 526 g/mol. The average molecular weight is 526 g/mol. The summed E-state index contributed by atoms with van der Waals surface area (Å²) in [5.74, 6) is 2.00. The number of alkyl halides is 3. The summed E-state index contributed by atoms with van der Waals surface area (Å²) >= 11 is 0. The van der Waals surface area contributed by atoms with Crippen molar-refractivity contribution in [2.45, 2.75) is 38.4 Å². The molecule has 164 valence electrons. The maximum absolute atomic E-state index is 13.0. The highest BCUT2D eigenvalue weighted by Crippen LogP contribution is 2.33. The smallest absolute Gasteiger partial charge is 0.403 e. The number of para-hydroxylation sites is 1. The molecule has 29 heavy (non-hydrogen) atoms. The molecule has 2 aliphatic rings. The Kier molecular flexibility index (Phi) is 8.87. The third-order valence-electron chi connectivity index (χ3n) is 5.51. The topological polar surface area (TPSA) is 40.1 Å². The normalized spacial score (nSPS) is 21.6. The molecule has 2 heterocycles. The first-order chi connectivity index (χ1) is 13.4. The minimum Gasteiger partial charge on any atom is -0.493 e. The van der Waals surface area contributed by atoms with Crippen LogP contribution >= 0.6 is 24.0 Å². The van der Waals surface area contributed by atoms with Gasteiger partial charge in [-0.25, -0.2) is 0 Å². The number of benzene rings is 1. The lowest BCUT2D eigenvalue weighted by Crippen LogP contribution is -2.56. The molecule has 9 heteroatoms. The highest BCUT2D eigenvalue weighted by atomic mass is 127. The molecule has 1 aromatic rings. The number of hydrogen-bond acceptors (Lipinski definition) is 3. The van der Waals surface area contributed by atoms with Crippen molar-refractivity contribution < 1.29 is 17.9 Å². The van der Waals surface area contributed by atoms with Gasteiger partial charge >= 0.3 is 6.18 Å². The molecule has 0 bridgehead atoms. The number of fused-ring (bicyclic) bond motifs is 1. The van der Waals surface area contributed by atoms with Crippen LogP contribution in [0.4, 0.5) is 13.2 Å². The summed E-state index contributed by atoms with van der Waals surface area (Å²) in [4.78, 5) is 8.37. The van der Waals surface area contributed by atoms with E-state index in [1.165, 1.54) is 17.4 Å². The standard InChI is InChI=1S/C20H29F3N4O.HI/c1-3-24-19(27-11-9-26(10-12-27)15(2)20(21,22)23)25-14-16-8-13-28-18-7-5-4-6-17(16)18;/h4-7,15-16H,3,8-14H2,1-2H3,(H,24,25);1H. The minimum absolute atomic E-state index is 0. The Bertz CT molecular complexity index is 678. The minimum atomic E-state index is -4.18. The van der Waals surface area contributed by atoms with Crippen molar-refractivity contribution in [3.05, 3.63) is 29.8 Å². The number of guanidine groups is 1. The van der Waals surface area contributed by atoms with E-state index < -0.39 is 12.2 Å². The molecule has 1 N–H and O–H groups in total. The molecule has 0 aromatic heterocycles. The SMILES string of the molecule is CCNC(=NCC1CCOc2ccccc21)N1CCN(C(C)C(F)(F)F)CC1.I. The van der Waals surface area contributed by atoms with Crippen LogP contribution in [0.5, 0.6) is 5.75 Å². The van der Waals surface area contributed by atoms with E-state index in [0.717, 1.165) is 24.7 Å². The van der Waals surface area contributed by atoms with Gasteiger partial charge in [-0.15, -0.1) is 24.0 Å². The van der Waals surface area contributed by atoms with Gasteiger partial charge in [0.25, 0.3) is 0 Å². The van der Waals surface area contributed by atoms with Gasteiger partial charge < -0.3 is 15.0 Å². The molecule has 3 rings (SSSR count).